The quantitative estimate of drug-likeness (QED) is 0.253. The molecule has 1 aromatic carbocycles. The third-order valence-electron chi connectivity index (χ3n) is 7.20. The Labute approximate surface area is 207 Å². The van der Waals surface area contributed by atoms with Gasteiger partial charge in [-0.15, -0.1) is 0 Å². The Morgan fingerprint density at radius 1 is 1.24 bits per heavy atom. The van der Waals surface area contributed by atoms with Crippen LogP contribution in [-0.2, 0) is 23.1 Å². The zero-order valence-corrected chi connectivity index (χ0v) is 19.3. The molecule has 0 fully saturated rings. The average Bonchev–Trinajstić information content (AvgIpc) is 3.25. The fourth-order valence-corrected chi connectivity index (χ4v) is 5.46. The van der Waals surface area contributed by atoms with E-state index in [9.17, 15) is 39.6 Å². The second-order valence-corrected chi connectivity index (χ2v) is 9.35. The van der Waals surface area contributed by atoms with Crippen molar-refractivity contribution in [2.24, 2.45) is 24.6 Å². The van der Waals surface area contributed by atoms with Crippen molar-refractivity contribution in [3.05, 3.63) is 63.6 Å². The van der Waals surface area contributed by atoms with E-state index in [2.05, 4.69) is 10.4 Å². The number of allylic oxidation sites excluding steroid dienone is 2. The summed E-state index contributed by atoms with van der Waals surface area (Å²) in [6.07, 6.45) is 0.790. The molecule has 1 aromatic heterocycles. The van der Waals surface area contributed by atoms with Gasteiger partial charge in [-0.2, -0.15) is 5.10 Å². The largest absolute Gasteiger partial charge is 0.511 e. The van der Waals surface area contributed by atoms with Gasteiger partial charge in [0.05, 0.1) is 11.3 Å². The molecule has 37 heavy (non-hydrogen) atoms. The number of aromatic nitrogens is 2. The van der Waals surface area contributed by atoms with E-state index in [-0.39, 0.29) is 30.5 Å². The molecule has 12 nitrogen and oxygen atoms in total. The van der Waals surface area contributed by atoms with Gasteiger partial charge in [-0.1, -0.05) is 0 Å². The maximum Gasteiger partial charge on any atom is 0.276 e. The molecule has 1 heterocycles. The van der Waals surface area contributed by atoms with Crippen LogP contribution >= 0.6 is 0 Å². The Balaban J connectivity index is 1.60. The minimum absolute atomic E-state index is 0.0373. The first kappa shape index (κ1) is 24.2. The molecule has 3 aliphatic carbocycles. The molecule has 192 valence electrons. The molecule has 1 unspecified atom stereocenters. The molecule has 2 amide bonds. The molecule has 0 bridgehead atoms. The van der Waals surface area contributed by atoms with Gasteiger partial charge < -0.3 is 31.5 Å². The van der Waals surface area contributed by atoms with Gasteiger partial charge in [0.15, 0.2) is 22.8 Å². The molecular formula is C24H21FN4O8. The summed E-state index contributed by atoms with van der Waals surface area (Å²) in [6.45, 7) is 0. The minimum atomic E-state index is -2.73. The monoisotopic (exact) mass is 512 g/mol. The Morgan fingerprint density at radius 2 is 1.95 bits per heavy atom. The number of aromatic hydroxyl groups is 1. The maximum atomic E-state index is 15.2. The predicted molar refractivity (Wildman–Crippen MR) is 122 cm³/mol. The number of ketones is 2. The van der Waals surface area contributed by atoms with Crippen LogP contribution in [0.3, 0.4) is 0 Å². The molecule has 13 heteroatoms. The van der Waals surface area contributed by atoms with E-state index in [4.69, 9.17) is 5.73 Å². The molecule has 0 saturated carbocycles. The number of aryl methyl sites for hydroxylation is 1. The number of Topliss-reactive ketones (excluding diaryl/α,β-unsaturated/α-hetero) is 2. The van der Waals surface area contributed by atoms with Crippen molar-refractivity contribution in [1.29, 1.82) is 0 Å². The number of aliphatic hydroxyl groups excluding tert-OH is 2. The third-order valence-corrected chi connectivity index (χ3v) is 7.20. The molecule has 2 aromatic rings. The summed E-state index contributed by atoms with van der Waals surface area (Å²) in [7, 11) is 1.57. The highest BCUT2D eigenvalue weighted by molar-refractivity contribution is 6.24. The lowest BCUT2D eigenvalue weighted by molar-refractivity contribution is -0.144. The molecule has 0 radical (unpaired) electrons. The topological polar surface area (TPSA) is 205 Å². The van der Waals surface area contributed by atoms with Crippen molar-refractivity contribution in [3.8, 4) is 5.75 Å². The summed E-state index contributed by atoms with van der Waals surface area (Å²) in [6, 6.07) is 2.24. The number of halogens is 1. The highest BCUT2D eigenvalue weighted by atomic mass is 19.1. The lowest BCUT2D eigenvalue weighted by Gasteiger charge is -2.45. The lowest BCUT2D eigenvalue weighted by atomic mass is 9.60. The number of hydrogen-bond donors (Lipinski definition) is 6. The number of amides is 2. The van der Waals surface area contributed by atoms with E-state index in [1.165, 1.54) is 16.9 Å². The van der Waals surface area contributed by atoms with Crippen LogP contribution in [0, 0.1) is 17.7 Å². The van der Waals surface area contributed by atoms with Gasteiger partial charge >= 0.3 is 0 Å². The van der Waals surface area contributed by atoms with Crippen molar-refractivity contribution >= 4 is 29.1 Å². The Hall–Kier alpha value is -4.52. The van der Waals surface area contributed by atoms with E-state index < -0.39 is 86.3 Å². The number of benzene rings is 1. The van der Waals surface area contributed by atoms with Crippen molar-refractivity contribution in [2.45, 2.75) is 24.9 Å². The summed E-state index contributed by atoms with van der Waals surface area (Å²) in [5, 5.41) is 49.5. The van der Waals surface area contributed by atoms with E-state index in [1.807, 2.05) is 0 Å². The highest BCUT2D eigenvalue weighted by Crippen LogP contribution is 2.52. The van der Waals surface area contributed by atoms with Crippen LogP contribution in [0.15, 0.2) is 41.0 Å². The van der Waals surface area contributed by atoms with Gasteiger partial charge in [-0.05, 0) is 24.8 Å². The average molecular weight is 512 g/mol. The van der Waals surface area contributed by atoms with Crippen LogP contribution < -0.4 is 11.1 Å². The second kappa shape index (κ2) is 8.00. The van der Waals surface area contributed by atoms with Gasteiger partial charge in [0, 0.05) is 42.8 Å². The number of rotatable bonds is 3. The summed E-state index contributed by atoms with van der Waals surface area (Å²) >= 11 is 0. The number of carbonyl (C=O) groups is 4. The number of primary amides is 1. The van der Waals surface area contributed by atoms with E-state index >= 15 is 4.39 Å². The van der Waals surface area contributed by atoms with Crippen LogP contribution in [0.1, 0.15) is 39.3 Å². The summed E-state index contributed by atoms with van der Waals surface area (Å²) in [4.78, 5) is 50.7. The van der Waals surface area contributed by atoms with Crippen molar-refractivity contribution in [3.63, 3.8) is 0 Å². The number of phenolic OH excluding ortho intramolecular Hbond substituents is 1. The predicted octanol–water partition coefficient (Wildman–Crippen LogP) is 0.705. The van der Waals surface area contributed by atoms with Crippen LogP contribution in [0.4, 0.5) is 10.1 Å². The Morgan fingerprint density at radius 3 is 2.57 bits per heavy atom. The molecule has 0 saturated heterocycles. The number of fused-ring (bicyclic) bond motifs is 3. The van der Waals surface area contributed by atoms with Gasteiger partial charge in [0.25, 0.3) is 11.8 Å². The fraction of sp³-hybridized carbons (Fsp3) is 0.292. The lowest BCUT2D eigenvalue weighted by Crippen LogP contribution is -2.57. The standard InChI is InChI=1S/C24H21FN4O8/c1-29-3-2-12(28-29)23(36)27-13-7-11(25)10-5-8-4-9-6-14(30)17(22(26)35)21(34)24(9,37)20(33)15(8)19(32)16(10)18(13)31/h2-3,7-9,30-31,33,37H,4-6H2,1H3,(H2,26,35)(H,27,36)/t8?,9-,24-/m0/s1. The molecular weight excluding hydrogens is 491 g/mol. The van der Waals surface area contributed by atoms with Crippen LogP contribution in [-0.4, -0.2) is 59.2 Å². The van der Waals surface area contributed by atoms with Crippen LogP contribution in [0.2, 0.25) is 0 Å². The molecule has 5 rings (SSSR count). The number of hydrogen-bond acceptors (Lipinski definition) is 9. The first-order chi connectivity index (χ1) is 17.4. The number of nitrogens with zero attached hydrogens (tertiary/aromatic N) is 2. The summed E-state index contributed by atoms with van der Waals surface area (Å²) in [5.41, 5.74) is -0.0766. The molecule has 0 spiro atoms. The van der Waals surface area contributed by atoms with E-state index in [1.54, 1.807) is 7.05 Å². The van der Waals surface area contributed by atoms with Crippen LogP contribution in [0.25, 0.3) is 0 Å². The first-order valence-corrected chi connectivity index (χ1v) is 11.2. The molecule has 3 aliphatic rings. The normalized spacial score (nSPS) is 24.9. The maximum absolute atomic E-state index is 15.2. The third kappa shape index (κ3) is 3.34. The number of nitrogens with one attached hydrogen (secondary N) is 1. The SMILES string of the molecule is Cn1ccc(C(=O)Nc2cc(F)c3c(c2O)C(=O)C2=C(O)[C@]4(O)C(=O)C(C(N)=O)=C(O)C[C@@H]4CC2C3)n1. The van der Waals surface area contributed by atoms with Gasteiger partial charge in [0.1, 0.15) is 22.9 Å². The summed E-state index contributed by atoms with van der Waals surface area (Å²) < 4.78 is 16.5. The molecule has 7 N–H and O–H groups in total. The highest BCUT2D eigenvalue weighted by Gasteiger charge is 2.59. The van der Waals surface area contributed by atoms with E-state index in [0.29, 0.717) is 0 Å². The van der Waals surface area contributed by atoms with Crippen LogP contribution in [0.5, 0.6) is 5.75 Å². The Kier molecular flexibility index (Phi) is 5.23. The number of nitrogens with two attached hydrogens (primary N) is 1. The van der Waals surface area contributed by atoms with Crippen molar-refractivity contribution in [2.75, 3.05) is 5.32 Å². The van der Waals surface area contributed by atoms with Crippen molar-refractivity contribution in [1.82, 2.24) is 9.78 Å². The van der Waals surface area contributed by atoms with Gasteiger partial charge in [-0.3, -0.25) is 23.9 Å². The van der Waals surface area contributed by atoms with Gasteiger partial charge in [-0.25, -0.2) is 4.39 Å². The first-order valence-electron chi connectivity index (χ1n) is 11.2. The zero-order chi connectivity index (χ0) is 27.0. The van der Waals surface area contributed by atoms with Gasteiger partial charge in [0.2, 0.25) is 5.78 Å². The zero-order valence-electron chi connectivity index (χ0n) is 19.3. The number of aliphatic hydroxyl groups is 3. The number of phenols is 1. The van der Waals surface area contributed by atoms with E-state index in [0.717, 1.165) is 6.07 Å². The smallest absolute Gasteiger partial charge is 0.276 e. The Bertz CT molecular complexity index is 1510. The second-order valence-electron chi connectivity index (χ2n) is 9.35. The minimum Gasteiger partial charge on any atom is -0.511 e. The molecule has 3 atom stereocenters. The summed E-state index contributed by atoms with van der Waals surface area (Å²) in [5.74, 6) is -9.90. The number of carbonyl (C=O) groups excluding carboxylic acids is 4. The van der Waals surface area contributed by atoms with Crippen molar-refractivity contribution < 1.29 is 44.0 Å². The molecule has 0 aliphatic heterocycles. The fourth-order valence-electron chi connectivity index (χ4n) is 5.46. The number of anilines is 1.